The van der Waals surface area contributed by atoms with E-state index >= 15 is 0 Å². The van der Waals surface area contributed by atoms with Crippen LogP contribution in [0.25, 0.3) is 6.08 Å². The topological polar surface area (TPSA) is 83.3 Å². The lowest BCUT2D eigenvalue weighted by Crippen LogP contribution is -2.22. The number of anilines is 2. The van der Waals surface area contributed by atoms with Crippen LogP contribution in [0.4, 0.5) is 10.8 Å². The minimum absolute atomic E-state index is 0.157. The second-order valence-corrected chi connectivity index (χ2v) is 6.05. The van der Waals surface area contributed by atoms with E-state index in [2.05, 4.69) is 4.98 Å². The first kappa shape index (κ1) is 18.6. The van der Waals surface area contributed by atoms with Crippen molar-refractivity contribution in [2.75, 3.05) is 11.5 Å². The van der Waals surface area contributed by atoms with Gasteiger partial charge in [0.25, 0.3) is 0 Å². The Kier molecular flexibility index (Phi) is 6.28. The Hall–Kier alpha value is -2.69. The summed E-state index contributed by atoms with van der Waals surface area (Å²) in [6.45, 7) is 3.24. The number of thiazole rings is 1. The maximum absolute atomic E-state index is 12.0. The summed E-state index contributed by atoms with van der Waals surface area (Å²) in [5.41, 5.74) is 0.810. The van der Waals surface area contributed by atoms with Crippen LogP contribution in [0, 0.1) is 11.3 Å². The van der Waals surface area contributed by atoms with Crippen LogP contribution >= 0.6 is 22.9 Å². The van der Waals surface area contributed by atoms with Crippen molar-refractivity contribution >= 4 is 51.7 Å². The Morgan fingerprint density at radius 1 is 1.48 bits per heavy atom. The SMILES string of the molecule is CCOC(=O)/C(C#N)=C/c1csc(N(C(C)=O)c2cccc(Cl)c2)n1. The number of carbonyl (C=O) groups is 2. The van der Waals surface area contributed by atoms with E-state index in [0.717, 1.165) is 0 Å². The van der Waals surface area contributed by atoms with Crippen LogP contribution in [-0.2, 0) is 14.3 Å². The molecule has 0 aliphatic rings. The highest BCUT2D eigenvalue weighted by molar-refractivity contribution is 7.14. The summed E-state index contributed by atoms with van der Waals surface area (Å²) in [5.74, 6) is -0.948. The summed E-state index contributed by atoms with van der Waals surface area (Å²) >= 11 is 7.20. The Balaban J connectivity index is 2.36. The molecule has 2 rings (SSSR count). The number of ether oxygens (including phenoxy) is 1. The lowest BCUT2D eigenvalue weighted by molar-refractivity contribution is -0.137. The van der Waals surface area contributed by atoms with E-state index in [1.165, 1.54) is 29.2 Å². The monoisotopic (exact) mass is 375 g/mol. The molecular weight excluding hydrogens is 362 g/mol. The summed E-state index contributed by atoms with van der Waals surface area (Å²) in [7, 11) is 0. The summed E-state index contributed by atoms with van der Waals surface area (Å²) in [5, 5.41) is 11.6. The smallest absolute Gasteiger partial charge is 0.348 e. The molecule has 25 heavy (non-hydrogen) atoms. The van der Waals surface area contributed by atoms with E-state index in [1.54, 1.807) is 42.6 Å². The maximum atomic E-state index is 12.0. The van der Waals surface area contributed by atoms with Gasteiger partial charge in [-0.05, 0) is 31.2 Å². The van der Waals surface area contributed by atoms with Crippen molar-refractivity contribution in [3.05, 3.63) is 45.9 Å². The molecule has 0 N–H and O–H groups in total. The van der Waals surface area contributed by atoms with Gasteiger partial charge in [-0.2, -0.15) is 5.26 Å². The number of carbonyl (C=O) groups excluding carboxylic acids is 2. The van der Waals surface area contributed by atoms with E-state index in [1.807, 2.05) is 0 Å². The molecule has 0 atom stereocenters. The van der Waals surface area contributed by atoms with E-state index in [-0.39, 0.29) is 18.1 Å². The van der Waals surface area contributed by atoms with Gasteiger partial charge in [-0.15, -0.1) is 11.3 Å². The summed E-state index contributed by atoms with van der Waals surface area (Å²) in [6.07, 6.45) is 1.33. The van der Waals surface area contributed by atoms with Crippen molar-refractivity contribution in [2.45, 2.75) is 13.8 Å². The molecule has 6 nitrogen and oxygen atoms in total. The van der Waals surface area contributed by atoms with Crippen molar-refractivity contribution in [1.82, 2.24) is 4.98 Å². The normalized spacial score (nSPS) is 10.9. The summed E-state index contributed by atoms with van der Waals surface area (Å²) in [4.78, 5) is 29.4. The number of aromatic nitrogens is 1. The molecule has 0 fully saturated rings. The van der Waals surface area contributed by atoms with Gasteiger partial charge in [0.15, 0.2) is 5.13 Å². The standard InChI is InChI=1S/C17H14ClN3O3S/c1-3-24-16(23)12(9-19)7-14-10-25-17(20-14)21(11(2)22)15-6-4-5-13(18)8-15/h4-8,10H,3H2,1-2H3/b12-7+. The number of hydrogen-bond donors (Lipinski definition) is 0. The van der Waals surface area contributed by atoms with Crippen LogP contribution in [0.2, 0.25) is 5.02 Å². The number of hydrogen-bond acceptors (Lipinski definition) is 6. The first-order valence-corrected chi connectivity index (χ1v) is 8.52. The van der Waals surface area contributed by atoms with Gasteiger partial charge in [0.2, 0.25) is 5.91 Å². The molecule has 0 saturated carbocycles. The molecule has 1 heterocycles. The number of rotatable bonds is 5. The van der Waals surface area contributed by atoms with Crippen LogP contribution in [0.5, 0.6) is 0 Å². The van der Waals surface area contributed by atoms with Crippen LogP contribution in [-0.4, -0.2) is 23.5 Å². The zero-order chi connectivity index (χ0) is 18.4. The first-order valence-electron chi connectivity index (χ1n) is 7.27. The molecule has 8 heteroatoms. The summed E-state index contributed by atoms with van der Waals surface area (Å²) in [6, 6.07) is 8.62. The van der Waals surface area contributed by atoms with Gasteiger partial charge in [-0.25, -0.2) is 9.78 Å². The van der Waals surface area contributed by atoms with Crippen molar-refractivity contribution in [3.8, 4) is 6.07 Å². The Bertz CT molecular complexity index is 870. The van der Waals surface area contributed by atoms with E-state index in [9.17, 15) is 9.59 Å². The molecule has 0 radical (unpaired) electrons. The molecule has 0 aliphatic heterocycles. The average molecular weight is 376 g/mol. The van der Waals surface area contributed by atoms with Gasteiger partial charge in [-0.1, -0.05) is 17.7 Å². The molecule has 0 saturated heterocycles. The van der Waals surface area contributed by atoms with Crippen LogP contribution in [0.1, 0.15) is 19.5 Å². The maximum Gasteiger partial charge on any atom is 0.348 e. The minimum atomic E-state index is -0.710. The molecular formula is C17H14ClN3O3S. The fourth-order valence-electron chi connectivity index (χ4n) is 1.98. The number of halogens is 1. The lowest BCUT2D eigenvalue weighted by Gasteiger charge is -2.18. The van der Waals surface area contributed by atoms with Gasteiger partial charge in [-0.3, -0.25) is 9.69 Å². The highest BCUT2D eigenvalue weighted by Crippen LogP contribution is 2.30. The third-order valence-electron chi connectivity index (χ3n) is 2.99. The second kappa shape index (κ2) is 8.42. The van der Waals surface area contributed by atoms with Crippen molar-refractivity contribution < 1.29 is 14.3 Å². The number of nitrogens with zero attached hydrogens (tertiary/aromatic N) is 3. The third kappa shape index (κ3) is 4.66. The minimum Gasteiger partial charge on any atom is -0.462 e. The van der Waals surface area contributed by atoms with Crippen LogP contribution < -0.4 is 4.90 Å². The highest BCUT2D eigenvalue weighted by Gasteiger charge is 2.18. The molecule has 0 aliphatic carbocycles. The second-order valence-electron chi connectivity index (χ2n) is 4.78. The summed E-state index contributed by atoms with van der Waals surface area (Å²) < 4.78 is 4.81. The highest BCUT2D eigenvalue weighted by atomic mass is 35.5. The zero-order valence-corrected chi connectivity index (χ0v) is 15.1. The molecule has 1 amide bonds. The quantitative estimate of drug-likeness (QED) is 0.449. The predicted octanol–water partition coefficient (Wildman–Crippen LogP) is 3.95. The number of esters is 1. The van der Waals surface area contributed by atoms with Gasteiger partial charge in [0.1, 0.15) is 11.6 Å². The predicted molar refractivity (Wildman–Crippen MR) is 96.6 cm³/mol. The van der Waals surface area contributed by atoms with Crippen molar-refractivity contribution in [2.24, 2.45) is 0 Å². The van der Waals surface area contributed by atoms with Crippen molar-refractivity contribution in [3.63, 3.8) is 0 Å². The number of benzene rings is 1. The lowest BCUT2D eigenvalue weighted by atomic mass is 10.2. The molecule has 2 aromatic rings. The van der Waals surface area contributed by atoms with E-state index < -0.39 is 5.97 Å². The largest absolute Gasteiger partial charge is 0.462 e. The Labute approximate surface area is 153 Å². The zero-order valence-electron chi connectivity index (χ0n) is 13.5. The molecule has 0 unspecified atom stereocenters. The first-order chi connectivity index (χ1) is 12.0. The molecule has 1 aromatic heterocycles. The van der Waals surface area contributed by atoms with Crippen molar-refractivity contribution in [1.29, 1.82) is 5.26 Å². The molecule has 1 aromatic carbocycles. The Morgan fingerprint density at radius 3 is 2.84 bits per heavy atom. The number of nitriles is 1. The van der Waals surface area contributed by atoms with Crippen LogP contribution in [0.15, 0.2) is 35.2 Å². The van der Waals surface area contributed by atoms with Gasteiger partial charge in [0, 0.05) is 17.3 Å². The molecule has 128 valence electrons. The van der Waals surface area contributed by atoms with Gasteiger partial charge >= 0.3 is 5.97 Å². The Morgan fingerprint density at radius 2 is 2.24 bits per heavy atom. The number of amides is 1. The van der Waals surface area contributed by atoms with Gasteiger partial charge in [0.05, 0.1) is 18.0 Å². The van der Waals surface area contributed by atoms with Crippen LogP contribution in [0.3, 0.4) is 0 Å². The molecule has 0 spiro atoms. The average Bonchev–Trinajstić information content (AvgIpc) is 3.00. The third-order valence-corrected chi connectivity index (χ3v) is 4.07. The fraction of sp³-hybridized carbons (Fsp3) is 0.176. The van der Waals surface area contributed by atoms with E-state index in [0.29, 0.717) is 21.5 Å². The van der Waals surface area contributed by atoms with Gasteiger partial charge < -0.3 is 4.74 Å². The molecule has 0 bridgehead atoms. The van der Waals surface area contributed by atoms with E-state index in [4.69, 9.17) is 21.6 Å². The fourth-order valence-corrected chi connectivity index (χ4v) is 3.01.